The van der Waals surface area contributed by atoms with Crippen LogP contribution in [0.25, 0.3) is 0 Å². The number of carboxylic acid groups (broad SMARTS) is 5. The van der Waals surface area contributed by atoms with Crippen molar-refractivity contribution >= 4 is 29.8 Å². The number of carboxylic acids is 5. The van der Waals surface area contributed by atoms with E-state index in [1.54, 1.807) is 0 Å². The first kappa shape index (κ1) is 25.2. The van der Waals surface area contributed by atoms with Gasteiger partial charge in [0.05, 0.1) is 46.3 Å². The highest BCUT2D eigenvalue weighted by molar-refractivity contribution is 5.73. The van der Waals surface area contributed by atoms with Crippen LogP contribution in [0.5, 0.6) is 0 Å². The number of quaternary nitrogens is 1. The zero-order valence-corrected chi connectivity index (χ0v) is 15.5. The van der Waals surface area contributed by atoms with Crippen molar-refractivity contribution in [3.8, 4) is 0 Å². The SMILES string of the molecule is C[N+](CCN(CC(=O)O)CC(=O)O)(CCN(CC(=O)O)CC(=O)O)CC(=O)O. The minimum atomic E-state index is -1.23. The zero-order valence-electron chi connectivity index (χ0n) is 15.5. The third-order valence-electron chi connectivity index (χ3n) is 3.86. The molecule has 0 atom stereocenters. The van der Waals surface area contributed by atoms with Gasteiger partial charge in [-0.05, 0) is 0 Å². The number of hydrogen-bond donors (Lipinski definition) is 5. The molecule has 0 fully saturated rings. The summed E-state index contributed by atoms with van der Waals surface area (Å²) in [7, 11) is 1.54. The first-order valence-electron chi connectivity index (χ1n) is 8.20. The molecule has 5 N–H and O–H groups in total. The van der Waals surface area contributed by atoms with Gasteiger partial charge in [0.25, 0.3) is 0 Å². The molecule has 0 aromatic heterocycles. The lowest BCUT2D eigenvalue weighted by molar-refractivity contribution is -0.901. The number of rotatable bonds is 16. The van der Waals surface area contributed by atoms with Crippen molar-refractivity contribution in [2.45, 2.75) is 0 Å². The minimum Gasteiger partial charge on any atom is -0.480 e. The molecule has 0 heterocycles. The van der Waals surface area contributed by atoms with Crippen LogP contribution in [0.1, 0.15) is 0 Å². The molecule has 0 aliphatic carbocycles. The molecule has 0 bridgehead atoms. The molecule has 28 heavy (non-hydrogen) atoms. The molecule has 0 aliphatic heterocycles. The van der Waals surface area contributed by atoms with E-state index in [4.69, 9.17) is 25.5 Å². The number of carbonyl (C=O) groups is 5. The summed E-state index contributed by atoms with van der Waals surface area (Å²) in [6, 6.07) is 0. The maximum atomic E-state index is 11.2. The van der Waals surface area contributed by atoms with E-state index >= 15 is 0 Å². The summed E-state index contributed by atoms with van der Waals surface area (Å²) in [5, 5.41) is 44.6. The molecular weight excluding hydrogens is 382 g/mol. The monoisotopic (exact) mass is 408 g/mol. The Morgan fingerprint density at radius 1 is 0.607 bits per heavy atom. The van der Waals surface area contributed by atoms with Crippen molar-refractivity contribution in [1.82, 2.24) is 9.80 Å². The molecule has 0 unspecified atom stereocenters. The number of likely N-dealkylation sites (N-methyl/N-ethyl adjacent to an activating group) is 1. The Morgan fingerprint density at radius 3 is 1.11 bits per heavy atom. The molecule has 0 radical (unpaired) electrons. The third-order valence-corrected chi connectivity index (χ3v) is 3.86. The normalized spacial score (nSPS) is 11.5. The van der Waals surface area contributed by atoms with Gasteiger partial charge in [0.15, 0.2) is 6.54 Å². The van der Waals surface area contributed by atoms with Crippen molar-refractivity contribution < 1.29 is 54.0 Å². The highest BCUT2D eigenvalue weighted by Crippen LogP contribution is 2.05. The highest BCUT2D eigenvalue weighted by Gasteiger charge is 2.28. The van der Waals surface area contributed by atoms with Gasteiger partial charge in [-0.25, -0.2) is 4.79 Å². The van der Waals surface area contributed by atoms with Crippen LogP contribution in [0.4, 0.5) is 0 Å². The Kier molecular flexibility index (Phi) is 10.7. The molecule has 160 valence electrons. The maximum Gasteiger partial charge on any atom is 0.359 e. The molecule has 0 aromatic rings. The van der Waals surface area contributed by atoms with Crippen molar-refractivity contribution in [1.29, 1.82) is 0 Å². The maximum absolute atomic E-state index is 11.2. The van der Waals surface area contributed by atoms with Crippen LogP contribution in [-0.2, 0) is 24.0 Å². The van der Waals surface area contributed by atoms with Crippen LogP contribution in [0.2, 0.25) is 0 Å². The Labute approximate surface area is 160 Å². The lowest BCUT2D eigenvalue weighted by Gasteiger charge is -2.36. The Morgan fingerprint density at radius 2 is 0.893 bits per heavy atom. The summed E-state index contributed by atoms with van der Waals surface area (Å²) in [4.78, 5) is 56.9. The van der Waals surface area contributed by atoms with E-state index in [1.165, 1.54) is 7.05 Å². The van der Waals surface area contributed by atoms with Crippen molar-refractivity contribution in [2.24, 2.45) is 0 Å². The highest BCUT2D eigenvalue weighted by atomic mass is 16.4. The average molecular weight is 408 g/mol. The number of aliphatic carboxylic acids is 5. The summed E-state index contributed by atoms with van der Waals surface area (Å²) in [5.74, 6) is -6.09. The fourth-order valence-electron chi connectivity index (χ4n) is 2.56. The predicted octanol–water partition coefficient (Wildman–Crippen LogP) is -2.54. The second-order valence-corrected chi connectivity index (χ2v) is 6.61. The van der Waals surface area contributed by atoms with Crippen LogP contribution in [-0.4, -0.2) is 136 Å². The molecule has 0 rings (SSSR count). The lowest BCUT2D eigenvalue weighted by Crippen LogP contribution is -2.55. The van der Waals surface area contributed by atoms with Crippen LogP contribution in [0.15, 0.2) is 0 Å². The smallest absolute Gasteiger partial charge is 0.359 e. The number of nitrogens with zero attached hydrogens (tertiary/aromatic N) is 3. The largest absolute Gasteiger partial charge is 0.480 e. The van der Waals surface area contributed by atoms with E-state index in [0.29, 0.717) is 0 Å². The van der Waals surface area contributed by atoms with Gasteiger partial charge in [-0.3, -0.25) is 29.0 Å². The van der Waals surface area contributed by atoms with Gasteiger partial charge < -0.3 is 30.0 Å². The lowest BCUT2D eigenvalue weighted by atomic mass is 10.3. The molecule has 0 saturated carbocycles. The Bertz CT molecular complexity index is 523. The fraction of sp³-hybridized carbons (Fsp3) is 0.667. The second-order valence-electron chi connectivity index (χ2n) is 6.61. The fourth-order valence-corrected chi connectivity index (χ4v) is 2.56. The van der Waals surface area contributed by atoms with Gasteiger partial charge in [0.2, 0.25) is 0 Å². The predicted molar refractivity (Wildman–Crippen MR) is 91.8 cm³/mol. The standard InChI is InChI=1S/C15H25N3O10/c1-18(10-15(27)28,4-2-16(6-11(19)20)7-12(21)22)5-3-17(8-13(23)24)9-14(25)26/h2-10H2,1H3,(H4-,19,20,21,22,23,24,25,26,27,28)/p+1. The molecule has 0 saturated heterocycles. The summed E-state index contributed by atoms with van der Waals surface area (Å²) >= 11 is 0. The van der Waals surface area contributed by atoms with Gasteiger partial charge in [-0.2, -0.15) is 0 Å². The van der Waals surface area contributed by atoms with Gasteiger partial charge in [-0.15, -0.1) is 0 Å². The van der Waals surface area contributed by atoms with Crippen LogP contribution in [0, 0.1) is 0 Å². The summed E-state index contributed by atoms with van der Waals surface area (Å²) in [6.07, 6.45) is 0. The van der Waals surface area contributed by atoms with Gasteiger partial charge in [0, 0.05) is 13.1 Å². The zero-order chi connectivity index (χ0) is 21.9. The average Bonchev–Trinajstić information content (AvgIpc) is 2.48. The molecule has 13 heteroatoms. The Balaban J connectivity index is 5.12. The van der Waals surface area contributed by atoms with Gasteiger partial charge >= 0.3 is 29.8 Å². The molecule has 0 aliphatic rings. The molecule has 13 nitrogen and oxygen atoms in total. The van der Waals surface area contributed by atoms with Crippen LogP contribution in [0.3, 0.4) is 0 Å². The van der Waals surface area contributed by atoms with E-state index in [2.05, 4.69) is 0 Å². The quantitative estimate of drug-likeness (QED) is 0.168. The summed E-state index contributed by atoms with van der Waals surface area (Å²) in [6.45, 7) is -2.45. The molecule has 0 amide bonds. The van der Waals surface area contributed by atoms with Crippen molar-refractivity contribution in [3.63, 3.8) is 0 Å². The van der Waals surface area contributed by atoms with E-state index in [1.807, 2.05) is 0 Å². The van der Waals surface area contributed by atoms with E-state index in [9.17, 15) is 24.0 Å². The van der Waals surface area contributed by atoms with Gasteiger partial charge in [-0.1, -0.05) is 0 Å². The van der Waals surface area contributed by atoms with Crippen LogP contribution >= 0.6 is 0 Å². The first-order valence-corrected chi connectivity index (χ1v) is 8.20. The molecule has 0 aromatic carbocycles. The molecule has 0 spiro atoms. The number of hydrogen-bond acceptors (Lipinski definition) is 7. The topological polar surface area (TPSA) is 193 Å². The van der Waals surface area contributed by atoms with E-state index in [0.717, 1.165) is 9.80 Å². The molecular formula is C15H26N3O10+. The van der Waals surface area contributed by atoms with Gasteiger partial charge in [0.1, 0.15) is 0 Å². The third kappa shape index (κ3) is 12.6. The second kappa shape index (κ2) is 11.8. The Hall–Kier alpha value is -2.77. The van der Waals surface area contributed by atoms with Crippen molar-refractivity contribution in [2.75, 3.05) is 66.0 Å². The van der Waals surface area contributed by atoms with E-state index in [-0.39, 0.29) is 37.2 Å². The summed E-state index contributed by atoms with van der Waals surface area (Å²) < 4.78 is -0.166. The minimum absolute atomic E-state index is 0.0275. The first-order chi connectivity index (χ1) is 12.8. The van der Waals surface area contributed by atoms with E-state index < -0.39 is 56.0 Å². The van der Waals surface area contributed by atoms with Crippen molar-refractivity contribution in [3.05, 3.63) is 0 Å². The summed E-state index contributed by atoms with van der Waals surface area (Å²) in [5.41, 5.74) is 0. The van der Waals surface area contributed by atoms with Crippen LogP contribution < -0.4 is 0 Å².